The summed E-state index contributed by atoms with van der Waals surface area (Å²) in [5, 5.41) is 7.28. The van der Waals surface area contributed by atoms with Crippen LogP contribution in [0.15, 0.2) is 30.7 Å². The lowest BCUT2D eigenvalue weighted by molar-refractivity contribution is 0.144. The lowest BCUT2D eigenvalue weighted by Gasteiger charge is -2.24. The van der Waals surface area contributed by atoms with Gasteiger partial charge in [-0.15, -0.1) is 0 Å². The van der Waals surface area contributed by atoms with E-state index in [1.54, 1.807) is 6.20 Å². The van der Waals surface area contributed by atoms with Gasteiger partial charge in [0.2, 0.25) is 0 Å². The van der Waals surface area contributed by atoms with E-state index in [1.807, 2.05) is 13.1 Å². The zero-order valence-electron chi connectivity index (χ0n) is 16.1. The van der Waals surface area contributed by atoms with Crippen molar-refractivity contribution in [2.24, 2.45) is 11.3 Å². The lowest BCUT2D eigenvalue weighted by atomic mass is 9.82. The molecule has 0 amide bonds. The zero-order chi connectivity index (χ0) is 19.9. The van der Waals surface area contributed by atoms with Gasteiger partial charge in [-0.2, -0.15) is 5.10 Å². The van der Waals surface area contributed by atoms with Gasteiger partial charge >= 0.3 is 0 Å². The topological polar surface area (TPSA) is 71.2 Å². The molecule has 0 saturated carbocycles. The summed E-state index contributed by atoms with van der Waals surface area (Å²) in [6.45, 7) is 7.24. The summed E-state index contributed by atoms with van der Waals surface area (Å²) < 4.78 is 27.5. The molecule has 7 nitrogen and oxygen atoms in total. The van der Waals surface area contributed by atoms with Crippen molar-refractivity contribution in [1.29, 1.82) is 0 Å². The minimum absolute atomic E-state index is 0.158. The van der Waals surface area contributed by atoms with Gasteiger partial charge < -0.3 is 10.2 Å². The average molecular weight is 387 g/mol. The first-order chi connectivity index (χ1) is 13.4. The van der Waals surface area contributed by atoms with E-state index in [2.05, 4.69) is 44.1 Å². The molecular formula is C19H23F2N7. The van der Waals surface area contributed by atoms with Gasteiger partial charge in [0.1, 0.15) is 23.5 Å². The Labute approximate surface area is 161 Å². The predicted molar refractivity (Wildman–Crippen MR) is 102 cm³/mol. The monoisotopic (exact) mass is 387 g/mol. The van der Waals surface area contributed by atoms with Crippen LogP contribution in [-0.4, -0.2) is 51.2 Å². The average Bonchev–Trinajstić information content (AvgIpc) is 3.22. The van der Waals surface area contributed by atoms with Gasteiger partial charge in [-0.25, -0.2) is 28.2 Å². The standard InChI is InChI=1S/C19H23F2N7/c1-19(2)10-27(9-12(19)7-22-3)17-6-14(24-11-25-17)15-8-23-16-5-4-13(18(20)21)26-28(15)16/h4-6,8,11-12,18,22H,7,9-10H2,1-3H3. The molecule has 148 valence electrons. The fourth-order valence-electron chi connectivity index (χ4n) is 3.80. The van der Waals surface area contributed by atoms with Crippen molar-refractivity contribution < 1.29 is 8.78 Å². The van der Waals surface area contributed by atoms with Crippen LogP contribution in [0.4, 0.5) is 14.6 Å². The normalized spacial score (nSPS) is 19.1. The molecule has 0 aliphatic carbocycles. The third kappa shape index (κ3) is 3.30. The van der Waals surface area contributed by atoms with E-state index in [0.717, 1.165) is 25.5 Å². The van der Waals surface area contributed by atoms with Gasteiger partial charge in [0.15, 0.2) is 5.65 Å². The summed E-state index contributed by atoms with van der Waals surface area (Å²) in [5.74, 6) is 1.32. The highest BCUT2D eigenvalue weighted by Crippen LogP contribution is 2.37. The number of anilines is 1. The highest BCUT2D eigenvalue weighted by molar-refractivity contribution is 5.62. The molecule has 1 saturated heterocycles. The van der Waals surface area contributed by atoms with E-state index in [-0.39, 0.29) is 11.1 Å². The van der Waals surface area contributed by atoms with Crippen molar-refractivity contribution >= 4 is 11.5 Å². The Hall–Kier alpha value is -2.68. The second-order valence-corrected chi connectivity index (χ2v) is 7.86. The molecule has 0 aromatic carbocycles. The molecule has 3 aromatic rings. The molecule has 0 bridgehead atoms. The van der Waals surface area contributed by atoms with Crippen LogP contribution in [0.25, 0.3) is 17.0 Å². The minimum Gasteiger partial charge on any atom is -0.356 e. The Bertz CT molecular complexity index is 985. The Balaban J connectivity index is 1.68. The second kappa shape index (κ2) is 7.05. The maximum atomic E-state index is 13.0. The number of nitrogens with one attached hydrogen (secondary N) is 1. The molecule has 0 radical (unpaired) electrons. The number of hydrogen-bond acceptors (Lipinski definition) is 6. The summed E-state index contributed by atoms with van der Waals surface area (Å²) >= 11 is 0. The van der Waals surface area contributed by atoms with Crippen LogP contribution in [0.5, 0.6) is 0 Å². The van der Waals surface area contributed by atoms with Crippen LogP contribution in [0.3, 0.4) is 0 Å². The van der Waals surface area contributed by atoms with E-state index >= 15 is 0 Å². The molecule has 0 spiro atoms. The maximum Gasteiger partial charge on any atom is 0.282 e. The predicted octanol–water partition coefficient (Wildman–Crippen LogP) is 2.81. The third-order valence-electron chi connectivity index (χ3n) is 5.44. The van der Waals surface area contributed by atoms with Crippen molar-refractivity contribution in [3.63, 3.8) is 0 Å². The Kier molecular flexibility index (Phi) is 4.70. The number of halogens is 2. The van der Waals surface area contributed by atoms with E-state index in [9.17, 15) is 8.78 Å². The van der Waals surface area contributed by atoms with Gasteiger partial charge in [-0.1, -0.05) is 13.8 Å². The van der Waals surface area contributed by atoms with Crippen molar-refractivity contribution in [3.8, 4) is 11.4 Å². The summed E-state index contributed by atoms with van der Waals surface area (Å²) in [5.41, 5.74) is 1.52. The van der Waals surface area contributed by atoms with Crippen molar-refractivity contribution in [1.82, 2.24) is 29.9 Å². The van der Waals surface area contributed by atoms with Crippen molar-refractivity contribution in [2.45, 2.75) is 20.3 Å². The smallest absolute Gasteiger partial charge is 0.282 e. The number of nitrogens with zero attached hydrogens (tertiary/aromatic N) is 6. The molecule has 1 fully saturated rings. The highest BCUT2D eigenvalue weighted by Gasteiger charge is 2.39. The molecule has 1 unspecified atom stereocenters. The molecule has 4 heterocycles. The van der Waals surface area contributed by atoms with Crippen molar-refractivity contribution in [2.75, 3.05) is 31.6 Å². The number of hydrogen-bond donors (Lipinski definition) is 1. The number of aromatic nitrogens is 5. The van der Waals surface area contributed by atoms with E-state index in [0.29, 0.717) is 23.0 Å². The molecule has 28 heavy (non-hydrogen) atoms. The van der Waals surface area contributed by atoms with E-state index in [4.69, 9.17) is 0 Å². The molecule has 1 N–H and O–H groups in total. The molecule has 3 aromatic heterocycles. The lowest BCUT2D eigenvalue weighted by Crippen LogP contribution is -2.30. The van der Waals surface area contributed by atoms with Gasteiger partial charge in [0.25, 0.3) is 6.43 Å². The first-order valence-corrected chi connectivity index (χ1v) is 9.24. The molecule has 1 aliphatic heterocycles. The van der Waals surface area contributed by atoms with E-state index in [1.165, 1.54) is 23.0 Å². The largest absolute Gasteiger partial charge is 0.356 e. The van der Waals surface area contributed by atoms with Crippen LogP contribution >= 0.6 is 0 Å². The Morgan fingerprint density at radius 1 is 1.25 bits per heavy atom. The minimum atomic E-state index is -2.64. The van der Waals surface area contributed by atoms with Gasteiger partial charge in [0.05, 0.1) is 11.9 Å². The number of alkyl halides is 2. The molecule has 1 atom stereocenters. The summed E-state index contributed by atoms with van der Waals surface area (Å²) in [6.07, 6.45) is 0.456. The molecule has 1 aliphatic rings. The van der Waals surface area contributed by atoms with Crippen LogP contribution in [0.1, 0.15) is 26.0 Å². The molecular weight excluding hydrogens is 364 g/mol. The highest BCUT2D eigenvalue weighted by atomic mass is 19.3. The van der Waals surface area contributed by atoms with Gasteiger partial charge in [0, 0.05) is 19.2 Å². The van der Waals surface area contributed by atoms with Gasteiger partial charge in [-0.3, -0.25) is 0 Å². The molecule has 4 rings (SSSR count). The van der Waals surface area contributed by atoms with Crippen LogP contribution in [-0.2, 0) is 0 Å². The number of imidazole rings is 1. The van der Waals surface area contributed by atoms with Gasteiger partial charge in [-0.05, 0) is 37.1 Å². The summed E-state index contributed by atoms with van der Waals surface area (Å²) in [4.78, 5) is 15.3. The van der Waals surface area contributed by atoms with Crippen LogP contribution < -0.4 is 10.2 Å². The van der Waals surface area contributed by atoms with E-state index < -0.39 is 6.43 Å². The van der Waals surface area contributed by atoms with Crippen molar-refractivity contribution in [3.05, 3.63) is 36.4 Å². The fraction of sp³-hybridized carbons (Fsp3) is 0.474. The Morgan fingerprint density at radius 2 is 2.07 bits per heavy atom. The first kappa shape index (κ1) is 18.7. The number of fused-ring (bicyclic) bond motifs is 1. The molecule has 9 heteroatoms. The Morgan fingerprint density at radius 3 is 2.82 bits per heavy atom. The third-order valence-corrected chi connectivity index (χ3v) is 5.44. The SMILES string of the molecule is CNCC1CN(c2cc(-c3cnc4ccc(C(F)F)nn34)ncn2)CC1(C)C. The van der Waals surface area contributed by atoms with Crippen LogP contribution in [0, 0.1) is 11.3 Å². The second-order valence-electron chi connectivity index (χ2n) is 7.86. The zero-order valence-corrected chi connectivity index (χ0v) is 16.1. The summed E-state index contributed by atoms with van der Waals surface area (Å²) in [7, 11) is 1.97. The number of rotatable bonds is 5. The first-order valence-electron chi connectivity index (χ1n) is 9.24. The van der Waals surface area contributed by atoms with Crippen LogP contribution in [0.2, 0.25) is 0 Å². The fourth-order valence-corrected chi connectivity index (χ4v) is 3.80. The quantitative estimate of drug-likeness (QED) is 0.726. The maximum absolute atomic E-state index is 13.0. The summed E-state index contributed by atoms with van der Waals surface area (Å²) in [6, 6.07) is 4.69.